The highest BCUT2D eigenvalue weighted by molar-refractivity contribution is 5.82. The molecule has 4 heterocycles. The van der Waals surface area contributed by atoms with Gasteiger partial charge in [0.1, 0.15) is 31.1 Å². The Bertz CT molecular complexity index is 1350. The number of ether oxygens (including phenoxy) is 2. The summed E-state index contributed by atoms with van der Waals surface area (Å²) < 4.78 is 19.6. The highest BCUT2D eigenvalue weighted by Gasteiger charge is 2.19. The second kappa shape index (κ2) is 7.50. The summed E-state index contributed by atoms with van der Waals surface area (Å²) in [5, 5.41) is 7.35. The Balaban J connectivity index is 1.39. The Labute approximate surface area is 177 Å². The number of hydrogen-bond acceptors (Lipinski definition) is 6. The van der Waals surface area contributed by atoms with Crippen LogP contribution < -0.4 is 20.3 Å². The standard InChI is InChI=1S/C22H22N4O5/c1-3-20-24-25(22(28)16-11-18-15(26(16)20)6-7-29-18)12-21(27)23-13(2)14-4-5-17-19(10-14)31-9-8-30-17/h4-7,10-11,13H,3,8-9,12H2,1-2H3,(H,23,27)/t13-/m0/s1. The molecule has 0 saturated carbocycles. The molecule has 0 aliphatic carbocycles. The molecule has 0 radical (unpaired) electrons. The molecule has 5 rings (SSSR count). The number of fused-ring (bicyclic) bond motifs is 4. The number of carbonyl (C=O) groups is 1. The van der Waals surface area contributed by atoms with E-state index in [9.17, 15) is 9.59 Å². The maximum atomic E-state index is 12.9. The van der Waals surface area contributed by atoms with Gasteiger partial charge in [0.25, 0.3) is 5.56 Å². The summed E-state index contributed by atoms with van der Waals surface area (Å²) >= 11 is 0. The quantitative estimate of drug-likeness (QED) is 0.530. The molecule has 0 spiro atoms. The number of hydrogen-bond donors (Lipinski definition) is 1. The van der Waals surface area contributed by atoms with Gasteiger partial charge in [-0.25, -0.2) is 4.68 Å². The average molecular weight is 422 g/mol. The van der Waals surface area contributed by atoms with E-state index in [0.717, 1.165) is 11.1 Å². The zero-order valence-corrected chi connectivity index (χ0v) is 17.3. The summed E-state index contributed by atoms with van der Waals surface area (Å²) in [7, 11) is 0. The van der Waals surface area contributed by atoms with Crippen LogP contribution in [-0.2, 0) is 17.8 Å². The van der Waals surface area contributed by atoms with Gasteiger partial charge in [-0.2, -0.15) is 5.10 Å². The first-order chi connectivity index (χ1) is 15.0. The van der Waals surface area contributed by atoms with Gasteiger partial charge in [0, 0.05) is 18.6 Å². The minimum absolute atomic E-state index is 0.177. The monoisotopic (exact) mass is 422 g/mol. The van der Waals surface area contributed by atoms with Crippen molar-refractivity contribution in [3.05, 3.63) is 58.3 Å². The molecule has 160 valence electrons. The predicted molar refractivity (Wildman–Crippen MR) is 113 cm³/mol. The number of amides is 1. The molecule has 9 heteroatoms. The Morgan fingerprint density at radius 3 is 2.77 bits per heavy atom. The topological polar surface area (TPSA) is 100 Å². The van der Waals surface area contributed by atoms with Gasteiger partial charge in [-0.15, -0.1) is 0 Å². The van der Waals surface area contributed by atoms with Crippen LogP contribution in [0.15, 0.2) is 45.8 Å². The number of benzene rings is 1. The molecule has 1 N–H and O–H groups in total. The van der Waals surface area contributed by atoms with Gasteiger partial charge in [0.15, 0.2) is 17.1 Å². The Hall–Kier alpha value is -3.75. The maximum Gasteiger partial charge on any atom is 0.291 e. The van der Waals surface area contributed by atoms with Gasteiger partial charge < -0.3 is 19.2 Å². The molecule has 0 bridgehead atoms. The molecule has 4 aromatic rings. The number of nitrogens with zero attached hydrogens (tertiary/aromatic N) is 3. The summed E-state index contributed by atoms with van der Waals surface area (Å²) in [6.07, 6.45) is 2.18. The van der Waals surface area contributed by atoms with E-state index in [1.807, 2.05) is 32.0 Å². The smallest absolute Gasteiger partial charge is 0.291 e. The van der Waals surface area contributed by atoms with Crippen LogP contribution >= 0.6 is 0 Å². The zero-order valence-electron chi connectivity index (χ0n) is 17.3. The van der Waals surface area contributed by atoms with Crippen LogP contribution in [0.3, 0.4) is 0 Å². The first-order valence-electron chi connectivity index (χ1n) is 10.2. The van der Waals surface area contributed by atoms with Gasteiger partial charge in [-0.05, 0) is 24.6 Å². The van der Waals surface area contributed by atoms with Crippen molar-refractivity contribution in [3.63, 3.8) is 0 Å². The fraction of sp³-hybridized carbons (Fsp3) is 0.318. The van der Waals surface area contributed by atoms with Gasteiger partial charge in [0.2, 0.25) is 5.91 Å². The van der Waals surface area contributed by atoms with Gasteiger partial charge in [-0.1, -0.05) is 13.0 Å². The Morgan fingerprint density at radius 2 is 1.97 bits per heavy atom. The van der Waals surface area contributed by atoms with Crippen molar-refractivity contribution in [1.29, 1.82) is 0 Å². The molecule has 1 aromatic carbocycles. The number of aromatic nitrogens is 3. The number of rotatable bonds is 5. The molecule has 31 heavy (non-hydrogen) atoms. The van der Waals surface area contributed by atoms with Crippen LogP contribution in [0.25, 0.3) is 16.6 Å². The molecule has 1 aliphatic rings. The lowest BCUT2D eigenvalue weighted by Gasteiger charge is -2.21. The largest absolute Gasteiger partial charge is 0.486 e. The third kappa shape index (κ3) is 3.31. The lowest BCUT2D eigenvalue weighted by Crippen LogP contribution is -2.36. The van der Waals surface area contributed by atoms with E-state index in [-0.39, 0.29) is 24.1 Å². The SMILES string of the molecule is CCc1nn(CC(=O)N[C@@H](C)c2ccc3c(c2)OCCO3)c(=O)c2cc3occc3n12. The fourth-order valence-electron chi connectivity index (χ4n) is 3.89. The van der Waals surface area contributed by atoms with Crippen LogP contribution in [-0.4, -0.2) is 33.3 Å². The molecule has 1 atom stereocenters. The summed E-state index contributed by atoms with van der Waals surface area (Å²) in [6, 6.07) is 8.80. The molecular formula is C22H22N4O5. The van der Waals surface area contributed by atoms with E-state index in [2.05, 4.69) is 10.4 Å². The van der Waals surface area contributed by atoms with Crippen LogP contribution in [0.4, 0.5) is 0 Å². The molecule has 1 amide bonds. The summed E-state index contributed by atoms with van der Waals surface area (Å²) in [6.45, 7) is 4.67. The number of carbonyl (C=O) groups excluding carboxylic acids is 1. The average Bonchev–Trinajstić information content (AvgIpc) is 3.37. The predicted octanol–water partition coefficient (Wildman–Crippen LogP) is 2.45. The number of furan rings is 1. The fourth-order valence-corrected chi connectivity index (χ4v) is 3.89. The number of aryl methyl sites for hydroxylation is 1. The van der Waals surface area contributed by atoms with Crippen molar-refractivity contribution in [2.45, 2.75) is 32.9 Å². The van der Waals surface area contributed by atoms with E-state index in [1.54, 1.807) is 22.8 Å². The van der Waals surface area contributed by atoms with Crippen molar-refractivity contribution >= 4 is 22.5 Å². The molecular weight excluding hydrogens is 400 g/mol. The lowest BCUT2D eigenvalue weighted by molar-refractivity contribution is -0.122. The normalized spacial score (nSPS) is 14.1. The van der Waals surface area contributed by atoms with Crippen molar-refractivity contribution < 1.29 is 18.7 Å². The Kier molecular flexibility index (Phi) is 4.65. The van der Waals surface area contributed by atoms with Gasteiger partial charge in [0.05, 0.1) is 17.8 Å². The highest BCUT2D eigenvalue weighted by atomic mass is 16.6. The van der Waals surface area contributed by atoms with Crippen LogP contribution in [0, 0.1) is 0 Å². The first kappa shape index (κ1) is 19.2. The van der Waals surface area contributed by atoms with Gasteiger partial charge in [-0.3, -0.25) is 14.0 Å². The molecule has 1 aliphatic heterocycles. The second-order valence-electron chi connectivity index (χ2n) is 7.46. The van der Waals surface area contributed by atoms with E-state index in [4.69, 9.17) is 13.9 Å². The summed E-state index contributed by atoms with van der Waals surface area (Å²) in [4.78, 5) is 25.6. The third-order valence-electron chi connectivity index (χ3n) is 5.42. The third-order valence-corrected chi connectivity index (χ3v) is 5.42. The first-order valence-corrected chi connectivity index (χ1v) is 10.2. The second-order valence-corrected chi connectivity index (χ2v) is 7.46. The van der Waals surface area contributed by atoms with E-state index in [1.165, 1.54) is 4.68 Å². The van der Waals surface area contributed by atoms with Gasteiger partial charge >= 0.3 is 0 Å². The molecule has 9 nitrogen and oxygen atoms in total. The molecule has 0 saturated heterocycles. The molecule has 0 unspecified atom stereocenters. The van der Waals surface area contributed by atoms with Crippen molar-refractivity contribution in [3.8, 4) is 11.5 Å². The van der Waals surface area contributed by atoms with Crippen molar-refractivity contribution in [2.24, 2.45) is 0 Å². The number of nitrogens with one attached hydrogen (secondary N) is 1. The molecule has 0 fully saturated rings. The summed E-state index contributed by atoms with van der Waals surface area (Å²) in [5.41, 5.74) is 2.39. The lowest BCUT2D eigenvalue weighted by atomic mass is 10.1. The minimum Gasteiger partial charge on any atom is -0.486 e. The molecule has 3 aromatic heterocycles. The van der Waals surface area contributed by atoms with Crippen molar-refractivity contribution in [1.82, 2.24) is 19.5 Å². The van der Waals surface area contributed by atoms with Crippen LogP contribution in [0.5, 0.6) is 11.5 Å². The van der Waals surface area contributed by atoms with E-state index < -0.39 is 0 Å². The maximum absolute atomic E-state index is 12.9. The zero-order chi connectivity index (χ0) is 21.5. The van der Waals surface area contributed by atoms with Crippen molar-refractivity contribution in [2.75, 3.05) is 13.2 Å². The highest BCUT2D eigenvalue weighted by Crippen LogP contribution is 2.32. The van der Waals surface area contributed by atoms with E-state index in [0.29, 0.717) is 48.1 Å². The van der Waals surface area contributed by atoms with E-state index >= 15 is 0 Å². The van der Waals surface area contributed by atoms with Crippen LogP contribution in [0.2, 0.25) is 0 Å². The Morgan fingerprint density at radius 1 is 1.16 bits per heavy atom. The van der Waals surface area contributed by atoms with Crippen LogP contribution in [0.1, 0.15) is 31.3 Å². The minimum atomic E-state index is -0.342. The summed E-state index contributed by atoms with van der Waals surface area (Å²) in [5.74, 6) is 1.73.